The molecule has 1 rings (SSSR count). The molecule has 13 heavy (non-hydrogen) atoms. The van der Waals surface area contributed by atoms with Crippen molar-refractivity contribution in [2.24, 2.45) is 0 Å². The molecule has 0 aliphatic rings. The van der Waals surface area contributed by atoms with Crippen LogP contribution in [-0.2, 0) is 13.0 Å². The molecule has 0 aliphatic heterocycles. The van der Waals surface area contributed by atoms with Crippen LogP contribution in [0.15, 0.2) is 18.2 Å². The number of hydrogen-bond acceptors (Lipinski definition) is 1. The zero-order chi connectivity index (χ0) is 9.68. The standard InChI is InChI=1S/C11H16FN/c1-3-9-5-6-10(8-13-4-2)11(12)7-9/h5-7,13H,3-4,8H2,1-2H3. The van der Waals surface area contributed by atoms with Crippen molar-refractivity contribution in [1.29, 1.82) is 0 Å². The fraction of sp³-hybridized carbons (Fsp3) is 0.455. The highest BCUT2D eigenvalue weighted by Crippen LogP contribution is 2.10. The minimum atomic E-state index is -0.0969. The van der Waals surface area contributed by atoms with Crippen molar-refractivity contribution < 1.29 is 4.39 Å². The van der Waals surface area contributed by atoms with Gasteiger partial charge in [-0.3, -0.25) is 0 Å². The van der Waals surface area contributed by atoms with Crippen molar-refractivity contribution in [2.45, 2.75) is 26.8 Å². The van der Waals surface area contributed by atoms with Gasteiger partial charge in [-0.15, -0.1) is 0 Å². The molecular weight excluding hydrogens is 165 g/mol. The average Bonchev–Trinajstić information content (AvgIpc) is 2.16. The Morgan fingerprint density at radius 2 is 2.08 bits per heavy atom. The van der Waals surface area contributed by atoms with Gasteiger partial charge in [-0.2, -0.15) is 0 Å². The predicted molar refractivity (Wildman–Crippen MR) is 53.2 cm³/mol. The van der Waals surface area contributed by atoms with Crippen LogP contribution in [0.2, 0.25) is 0 Å². The topological polar surface area (TPSA) is 12.0 Å². The molecule has 1 nitrogen and oxygen atoms in total. The molecule has 0 saturated heterocycles. The van der Waals surface area contributed by atoms with Crippen LogP contribution in [-0.4, -0.2) is 6.54 Å². The fourth-order valence-corrected chi connectivity index (χ4v) is 1.21. The molecule has 2 heteroatoms. The summed E-state index contributed by atoms with van der Waals surface area (Å²) in [7, 11) is 0. The van der Waals surface area contributed by atoms with E-state index < -0.39 is 0 Å². The minimum Gasteiger partial charge on any atom is -0.313 e. The number of rotatable bonds is 4. The van der Waals surface area contributed by atoms with E-state index in [0.29, 0.717) is 6.54 Å². The van der Waals surface area contributed by atoms with Crippen LogP contribution in [0, 0.1) is 5.82 Å². The second kappa shape index (κ2) is 4.97. The summed E-state index contributed by atoms with van der Waals surface area (Å²) < 4.78 is 13.3. The smallest absolute Gasteiger partial charge is 0.127 e. The van der Waals surface area contributed by atoms with Gasteiger partial charge in [-0.1, -0.05) is 26.0 Å². The number of aryl methyl sites for hydroxylation is 1. The van der Waals surface area contributed by atoms with E-state index in [9.17, 15) is 4.39 Å². The third-order valence-corrected chi connectivity index (χ3v) is 2.09. The lowest BCUT2D eigenvalue weighted by Crippen LogP contribution is -2.12. The van der Waals surface area contributed by atoms with Gasteiger partial charge in [0, 0.05) is 12.1 Å². The van der Waals surface area contributed by atoms with Crippen LogP contribution in [0.3, 0.4) is 0 Å². The summed E-state index contributed by atoms with van der Waals surface area (Å²) in [5, 5.41) is 3.10. The highest BCUT2D eigenvalue weighted by Gasteiger charge is 2.01. The second-order valence-corrected chi connectivity index (χ2v) is 3.06. The Kier molecular flexibility index (Phi) is 3.90. The molecule has 0 saturated carbocycles. The monoisotopic (exact) mass is 181 g/mol. The molecule has 0 radical (unpaired) electrons. The molecular formula is C11H16FN. The predicted octanol–water partition coefficient (Wildman–Crippen LogP) is 2.50. The maximum Gasteiger partial charge on any atom is 0.127 e. The number of hydrogen-bond donors (Lipinski definition) is 1. The lowest BCUT2D eigenvalue weighted by atomic mass is 10.1. The Morgan fingerprint density at radius 1 is 1.31 bits per heavy atom. The van der Waals surface area contributed by atoms with Crippen molar-refractivity contribution in [3.05, 3.63) is 35.1 Å². The molecule has 0 spiro atoms. The fourth-order valence-electron chi connectivity index (χ4n) is 1.21. The number of nitrogens with one attached hydrogen (secondary N) is 1. The van der Waals surface area contributed by atoms with Gasteiger partial charge in [0.1, 0.15) is 5.82 Å². The summed E-state index contributed by atoms with van der Waals surface area (Å²) in [5.74, 6) is -0.0969. The van der Waals surface area contributed by atoms with E-state index in [1.807, 2.05) is 26.0 Å². The first kappa shape index (κ1) is 10.2. The highest BCUT2D eigenvalue weighted by atomic mass is 19.1. The summed E-state index contributed by atoms with van der Waals surface area (Å²) in [6, 6.07) is 5.46. The molecule has 0 aromatic heterocycles. The quantitative estimate of drug-likeness (QED) is 0.752. The van der Waals surface area contributed by atoms with Crippen LogP contribution >= 0.6 is 0 Å². The van der Waals surface area contributed by atoms with Gasteiger partial charge < -0.3 is 5.32 Å². The summed E-state index contributed by atoms with van der Waals surface area (Å²) >= 11 is 0. The molecule has 1 aromatic carbocycles. The largest absolute Gasteiger partial charge is 0.313 e. The van der Waals surface area contributed by atoms with Gasteiger partial charge in [0.05, 0.1) is 0 Å². The summed E-state index contributed by atoms with van der Waals surface area (Å²) in [5.41, 5.74) is 1.80. The van der Waals surface area contributed by atoms with E-state index in [0.717, 1.165) is 24.1 Å². The molecule has 0 heterocycles. The van der Waals surface area contributed by atoms with Crippen LogP contribution in [0.4, 0.5) is 4.39 Å². The maximum atomic E-state index is 13.3. The van der Waals surface area contributed by atoms with E-state index in [-0.39, 0.29) is 5.82 Å². The van der Waals surface area contributed by atoms with Crippen molar-refractivity contribution in [1.82, 2.24) is 5.32 Å². The molecule has 0 amide bonds. The Hall–Kier alpha value is -0.890. The third kappa shape index (κ3) is 2.81. The first-order valence-electron chi connectivity index (χ1n) is 4.76. The van der Waals surface area contributed by atoms with Crippen molar-refractivity contribution in [2.75, 3.05) is 6.54 Å². The Balaban J connectivity index is 2.73. The number of benzene rings is 1. The van der Waals surface area contributed by atoms with E-state index in [2.05, 4.69) is 5.32 Å². The van der Waals surface area contributed by atoms with Crippen LogP contribution < -0.4 is 5.32 Å². The van der Waals surface area contributed by atoms with E-state index in [1.54, 1.807) is 6.07 Å². The molecule has 0 aliphatic carbocycles. The van der Waals surface area contributed by atoms with Crippen LogP contribution in [0.25, 0.3) is 0 Å². The lowest BCUT2D eigenvalue weighted by Gasteiger charge is -2.05. The van der Waals surface area contributed by atoms with Gasteiger partial charge in [0.2, 0.25) is 0 Å². The molecule has 0 bridgehead atoms. The molecule has 1 aromatic rings. The molecule has 0 unspecified atom stereocenters. The first-order valence-corrected chi connectivity index (χ1v) is 4.76. The van der Waals surface area contributed by atoms with Gasteiger partial charge in [-0.25, -0.2) is 4.39 Å². The van der Waals surface area contributed by atoms with Gasteiger partial charge >= 0.3 is 0 Å². The van der Waals surface area contributed by atoms with Gasteiger partial charge in [0.25, 0.3) is 0 Å². The normalized spacial score (nSPS) is 10.4. The molecule has 1 N–H and O–H groups in total. The highest BCUT2D eigenvalue weighted by molar-refractivity contribution is 5.24. The molecule has 0 fully saturated rings. The number of halogens is 1. The summed E-state index contributed by atoms with van der Waals surface area (Å²) in [6.07, 6.45) is 0.887. The summed E-state index contributed by atoms with van der Waals surface area (Å²) in [4.78, 5) is 0. The van der Waals surface area contributed by atoms with Crippen LogP contribution in [0.5, 0.6) is 0 Å². The minimum absolute atomic E-state index is 0.0969. The van der Waals surface area contributed by atoms with Gasteiger partial charge in [-0.05, 0) is 24.6 Å². The lowest BCUT2D eigenvalue weighted by molar-refractivity contribution is 0.591. The average molecular weight is 181 g/mol. The Labute approximate surface area is 79.0 Å². The molecule has 72 valence electrons. The third-order valence-electron chi connectivity index (χ3n) is 2.09. The van der Waals surface area contributed by atoms with Crippen LogP contribution in [0.1, 0.15) is 25.0 Å². The van der Waals surface area contributed by atoms with E-state index in [1.165, 1.54) is 0 Å². The zero-order valence-corrected chi connectivity index (χ0v) is 8.23. The Morgan fingerprint density at radius 3 is 2.62 bits per heavy atom. The van der Waals surface area contributed by atoms with Crippen molar-refractivity contribution >= 4 is 0 Å². The second-order valence-electron chi connectivity index (χ2n) is 3.06. The maximum absolute atomic E-state index is 13.3. The first-order chi connectivity index (χ1) is 6.27. The van der Waals surface area contributed by atoms with Crippen molar-refractivity contribution in [3.8, 4) is 0 Å². The van der Waals surface area contributed by atoms with E-state index in [4.69, 9.17) is 0 Å². The van der Waals surface area contributed by atoms with Gasteiger partial charge in [0.15, 0.2) is 0 Å². The Bertz CT molecular complexity index is 271. The SMILES string of the molecule is CCNCc1ccc(CC)cc1F. The zero-order valence-electron chi connectivity index (χ0n) is 8.23. The summed E-state index contributed by atoms with van der Waals surface area (Å²) in [6.45, 7) is 5.53. The van der Waals surface area contributed by atoms with Crippen molar-refractivity contribution in [3.63, 3.8) is 0 Å². The molecule has 0 atom stereocenters. The van der Waals surface area contributed by atoms with E-state index >= 15 is 0 Å².